The van der Waals surface area contributed by atoms with E-state index in [0.29, 0.717) is 5.56 Å². The fourth-order valence-electron chi connectivity index (χ4n) is 4.07. The summed E-state index contributed by atoms with van der Waals surface area (Å²) in [5.74, 6) is -5.36. The van der Waals surface area contributed by atoms with Crippen LogP contribution in [0.25, 0.3) is 0 Å². The predicted octanol–water partition coefficient (Wildman–Crippen LogP) is 5.64. The molecule has 0 spiro atoms. The molecule has 0 aliphatic carbocycles. The smallest absolute Gasteiger partial charge is 0.339 e. The van der Waals surface area contributed by atoms with E-state index >= 15 is 0 Å². The van der Waals surface area contributed by atoms with Crippen LogP contribution in [-0.2, 0) is 22.7 Å². The van der Waals surface area contributed by atoms with Crippen LogP contribution in [0.3, 0.4) is 0 Å². The Hall–Kier alpha value is -5.57. The highest BCUT2D eigenvalue weighted by molar-refractivity contribution is 6.13. The molecular weight excluding hydrogens is 540 g/mol. The molecule has 0 aliphatic rings. The lowest BCUT2D eigenvalue weighted by Gasteiger charge is -2.11. The Labute approximate surface area is 241 Å². The van der Waals surface area contributed by atoms with Crippen molar-refractivity contribution in [2.45, 2.75) is 27.1 Å². The number of carboxylic acid groups (broad SMARTS) is 2. The number of ketones is 1. The lowest BCUT2D eigenvalue weighted by atomic mass is 9.95. The molecule has 9 nitrogen and oxygen atoms in total. The number of ether oxygens (including phenoxy) is 2. The van der Waals surface area contributed by atoms with Gasteiger partial charge in [0.15, 0.2) is 5.78 Å². The van der Waals surface area contributed by atoms with Crippen LogP contribution in [0.2, 0.25) is 0 Å². The van der Waals surface area contributed by atoms with Crippen molar-refractivity contribution in [1.29, 1.82) is 0 Å². The SMILES string of the molecule is Cc1ccc(COC(=O)c2ccc(C(=O)c3ccc(C(=O)O)c(C(=O)OCc4ccc(C)cc4)c3)cc2C(=O)O)cc1. The van der Waals surface area contributed by atoms with E-state index in [4.69, 9.17) is 9.47 Å². The Kier molecular flexibility index (Phi) is 8.92. The summed E-state index contributed by atoms with van der Waals surface area (Å²) in [6, 6.07) is 21.4. The van der Waals surface area contributed by atoms with E-state index in [1.807, 2.05) is 38.1 Å². The van der Waals surface area contributed by atoms with Gasteiger partial charge in [-0.2, -0.15) is 0 Å². The van der Waals surface area contributed by atoms with Crippen molar-refractivity contribution in [3.05, 3.63) is 141 Å². The van der Waals surface area contributed by atoms with E-state index in [1.165, 1.54) is 18.2 Å². The number of carbonyl (C=O) groups is 5. The molecule has 0 atom stereocenters. The minimum Gasteiger partial charge on any atom is -0.478 e. The monoisotopic (exact) mass is 566 g/mol. The number of esters is 2. The number of carbonyl (C=O) groups excluding carboxylic acids is 3. The second kappa shape index (κ2) is 12.7. The molecule has 2 N–H and O–H groups in total. The zero-order chi connectivity index (χ0) is 30.4. The van der Waals surface area contributed by atoms with Crippen LogP contribution in [0.1, 0.15) is 79.6 Å². The van der Waals surface area contributed by atoms with Gasteiger partial charge in [-0.05, 0) is 49.2 Å². The standard InChI is InChI=1S/C33H26O9/c1-19-3-7-21(8-4-19)17-41-32(39)26-14-12-23(15-27(26)31(37)38)29(34)24-11-13-25(30(35)36)28(16-24)33(40)42-18-22-9-5-20(2)6-10-22/h3-16H,17-18H2,1-2H3,(H,35,36)(H,37,38). The minimum absolute atomic E-state index is 0.0719. The summed E-state index contributed by atoms with van der Waals surface area (Å²) in [5.41, 5.74) is 1.89. The molecule has 0 unspecified atom stereocenters. The molecular formula is C33H26O9. The summed E-state index contributed by atoms with van der Waals surface area (Å²) in [7, 11) is 0. The number of hydrogen-bond acceptors (Lipinski definition) is 7. The molecule has 0 radical (unpaired) electrons. The number of aryl methyl sites for hydroxylation is 2. The van der Waals surface area contributed by atoms with Crippen molar-refractivity contribution in [2.24, 2.45) is 0 Å². The van der Waals surface area contributed by atoms with E-state index in [0.717, 1.165) is 34.9 Å². The highest BCUT2D eigenvalue weighted by Crippen LogP contribution is 2.21. The number of carboxylic acids is 2. The topological polar surface area (TPSA) is 144 Å². The van der Waals surface area contributed by atoms with Gasteiger partial charge in [0.2, 0.25) is 0 Å². The van der Waals surface area contributed by atoms with Gasteiger partial charge >= 0.3 is 23.9 Å². The van der Waals surface area contributed by atoms with Gasteiger partial charge in [-0.1, -0.05) is 71.8 Å². The van der Waals surface area contributed by atoms with Gasteiger partial charge in [0.1, 0.15) is 13.2 Å². The van der Waals surface area contributed by atoms with Crippen molar-refractivity contribution in [3.63, 3.8) is 0 Å². The molecule has 0 saturated carbocycles. The Morgan fingerprint density at radius 2 is 0.929 bits per heavy atom. The quantitative estimate of drug-likeness (QED) is 0.184. The van der Waals surface area contributed by atoms with E-state index in [-0.39, 0.29) is 41.0 Å². The lowest BCUT2D eigenvalue weighted by Crippen LogP contribution is -2.15. The largest absolute Gasteiger partial charge is 0.478 e. The molecule has 9 heteroatoms. The van der Waals surface area contributed by atoms with Crippen molar-refractivity contribution in [1.82, 2.24) is 0 Å². The fraction of sp³-hybridized carbons (Fsp3) is 0.121. The first-order chi connectivity index (χ1) is 20.0. The second-order valence-corrected chi connectivity index (χ2v) is 9.58. The van der Waals surface area contributed by atoms with Crippen molar-refractivity contribution >= 4 is 29.7 Å². The number of hydrogen-bond donors (Lipinski definition) is 2. The van der Waals surface area contributed by atoms with Crippen molar-refractivity contribution in [2.75, 3.05) is 0 Å². The van der Waals surface area contributed by atoms with Crippen LogP contribution in [-0.4, -0.2) is 39.9 Å². The highest BCUT2D eigenvalue weighted by Gasteiger charge is 2.24. The number of rotatable bonds is 10. The average molecular weight is 567 g/mol. The molecule has 42 heavy (non-hydrogen) atoms. The van der Waals surface area contributed by atoms with Gasteiger partial charge in [0.25, 0.3) is 0 Å². The zero-order valence-electron chi connectivity index (χ0n) is 22.7. The molecule has 0 aromatic heterocycles. The predicted molar refractivity (Wildman–Crippen MR) is 151 cm³/mol. The van der Waals surface area contributed by atoms with E-state index < -0.39 is 35.2 Å². The second-order valence-electron chi connectivity index (χ2n) is 9.58. The third kappa shape index (κ3) is 6.95. The maximum Gasteiger partial charge on any atom is 0.339 e. The molecule has 0 heterocycles. The lowest BCUT2D eigenvalue weighted by molar-refractivity contribution is 0.0458. The highest BCUT2D eigenvalue weighted by atomic mass is 16.5. The molecule has 4 rings (SSSR count). The van der Waals surface area contributed by atoms with Crippen LogP contribution in [0, 0.1) is 13.8 Å². The van der Waals surface area contributed by atoms with Gasteiger partial charge < -0.3 is 19.7 Å². The fourth-order valence-corrected chi connectivity index (χ4v) is 4.07. The van der Waals surface area contributed by atoms with Crippen LogP contribution in [0.5, 0.6) is 0 Å². The number of aromatic carboxylic acids is 2. The third-order valence-electron chi connectivity index (χ3n) is 6.45. The molecule has 0 saturated heterocycles. The molecule has 4 aromatic rings. The summed E-state index contributed by atoms with van der Waals surface area (Å²) < 4.78 is 10.6. The average Bonchev–Trinajstić information content (AvgIpc) is 2.99. The first kappa shape index (κ1) is 29.4. The summed E-state index contributed by atoms with van der Waals surface area (Å²) in [5, 5.41) is 19.3. The van der Waals surface area contributed by atoms with Crippen molar-refractivity contribution < 1.29 is 43.7 Å². The van der Waals surface area contributed by atoms with E-state index in [2.05, 4.69) is 0 Å². The van der Waals surface area contributed by atoms with Crippen LogP contribution < -0.4 is 0 Å². The molecule has 0 bridgehead atoms. The number of benzene rings is 4. The van der Waals surface area contributed by atoms with Crippen LogP contribution in [0.15, 0.2) is 84.9 Å². The van der Waals surface area contributed by atoms with Crippen molar-refractivity contribution in [3.8, 4) is 0 Å². The van der Waals surface area contributed by atoms with Gasteiger partial charge in [0.05, 0.1) is 22.3 Å². The maximum atomic E-state index is 13.3. The third-order valence-corrected chi connectivity index (χ3v) is 6.45. The molecule has 0 fully saturated rings. The summed E-state index contributed by atoms with van der Waals surface area (Å²) >= 11 is 0. The molecule has 212 valence electrons. The molecule has 0 amide bonds. The Morgan fingerprint density at radius 3 is 1.38 bits per heavy atom. The van der Waals surface area contributed by atoms with Crippen LogP contribution >= 0.6 is 0 Å². The zero-order valence-corrected chi connectivity index (χ0v) is 22.7. The Bertz CT molecular complexity index is 1680. The first-order valence-corrected chi connectivity index (χ1v) is 12.8. The van der Waals surface area contributed by atoms with Gasteiger partial charge in [0, 0.05) is 11.1 Å². The first-order valence-electron chi connectivity index (χ1n) is 12.8. The summed E-state index contributed by atoms with van der Waals surface area (Å²) in [6.45, 7) is 3.64. The normalized spacial score (nSPS) is 10.5. The van der Waals surface area contributed by atoms with Gasteiger partial charge in [-0.25, -0.2) is 19.2 Å². The van der Waals surface area contributed by atoms with Crippen LogP contribution in [0.4, 0.5) is 0 Å². The minimum atomic E-state index is -1.45. The van der Waals surface area contributed by atoms with Gasteiger partial charge in [-0.15, -0.1) is 0 Å². The molecule has 4 aromatic carbocycles. The Balaban J connectivity index is 1.57. The summed E-state index contributed by atoms with van der Waals surface area (Å²) in [4.78, 5) is 62.6. The molecule has 0 aliphatic heterocycles. The van der Waals surface area contributed by atoms with E-state index in [1.54, 1.807) is 24.3 Å². The van der Waals surface area contributed by atoms with Gasteiger partial charge in [-0.3, -0.25) is 4.79 Å². The Morgan fingerprint density at radius 1 is 0.524 bits per heavy atom. The van der Waals surface area contributed by atoms with E-state index in [9.17, 15) is 34.2 Å². The maximum absolute atomic E-state index is 13.3. The summed E-state index contributed by atoms with van der Waals surface area (Å²) in [6.07, 6.45) is 0.